The van der Waals surface area contributed by atoms with Crippen molar-refractivity contribution >= 4 is 5.91 Å². The minimum absolute atomic E-state index is 0.0826. The maximum Gasteiger partial charge on any atom is 0.228 e. The van der Waals surface area contributed by atoms with Crippen LogP contribution in [0.2, 0.25) is 0 Å². The molecule has 27 heavy (non-hydrogen) atoms. The molecule has 1 aliphatic carbocycles. The van der Waals surface area contributed by atoms with Gasteiger partial charge in [0.05, 0.1) is 0 Å². The molecule has 4 fully saturated rings. The minimum atomic E-state index is -0.609. The Morgan fingerprint density at radius 3 is 2.63 bits per heavy atom. The van der Waals surface area contributed by atoms with Crippen LogP contribution in [0.1, 0.15) is 52.0 Å². The number of halogens is 1. The second kappa shape index (κ2) is 5.77. The lowest BCUT2D eigenvalue weighted by molar-refractivity contribution is -0.254. The van der Waals surface area contributed by atoms with Crippen LogP contribution in [-0.4, -0.2) is 28.4 Å². The van der Waals surface area contributed by atoms with Gasteiger partial charge in [0, 0.05) is 24.8 Å². The monoisotopic (exact) mass is 373 g/mol. The lowest BCUT2D eigenvalue weighted by Crippen LogP contribution is -2.70. The lowest BCUT2D eigenvalue weighted by Gasteiger charge is -2.59. The Hall–Kier alpha value is -1.46. The second-order valence-corrected chi connectivity index (χ2v) is 9.25. The van der Waals surface area contributed by atoms with E-state index in [-0.39, 0.29) is 29.8 Å². The van der Waals surface area contributed by atoms with Crippen LogP contribution < -0.4 is 0 Å². The number of amides is 1. The molecule has 5 heteroatoms. The molecule has 5 rings (SSSR count). The smallest absolute Gasteiger partial charge is 0.228 e. The van der Waals surface area contributed by atoms with Crippen LogP contribution in [0.25, 0.3) is 0 Å². The van der Waals surface area contributed by atoms with Gasteiger partial charge >= 0.3 is 0 Å². The highest BCUT2D eigenvalue weighted by atomic mass is 19.1. The zero-order chi connectivity index (χ0) is 19.0. The third-order valence-electron chi connectivity index (χ3n) is 7.65. The summed E-state index contributed by atoms with van der Waals surface area (Å²) in [5, 5.41) is 0. The topological polar surface area (TPSA) is 38.8 Å². The third kappa shape index (κ3) is 2.37. The Bertz CT molecular complexity index is 767. The van der Waals surface area contributed by atoms with Gasteiger partial charge in [0.1, 0.15) is 11.4 Å². The summed E-state index contributed by atoms with van der Waals surface area (Å²) in [6.45, 7) is 6.83. The molecule has 0 radical (unpaired) electrons. The molecule has 2 bridgehead atoms. The van der Waals surface area contributed by atoms with Crippen LogP contribution in [0.15, 0.2) is 24.3 Å². The van der Waals surface area contributed by atoms with E-state index in [0.29, 0.717) is 18.4 Å². The molecule has 7 atom stereocenters. The summed E-state index contributed by atoms with van der Waals surface area (Å²) in [5.74, 6) is 0.380. The summed E-state index contributed by atoms with van der Waals surface area (Å²) in [6.07, 6.45) is 3.79. The quantitative estimate of drug-likeness (QED) is 0.784. The molecule has 4 aliphatic rings. The zero-order valence-electron chi connectivity index (χ0n) is 16.3. The number of carbonyl (C=O) groups is 1. The molecule has 3 heterocycles. The predicted octanol–water partition coefficient (Wildman–Crippen LogP) is 4.09. The molecule has 1 saturated carbocycles. The van der Waals surface area contributed by atoms with Gasteiger partial charge in [0.2, 0.25) is 5.91 Å². The normalized spacial score (nSPS) is 45.7. The first-order valence-electron chi connectivity index (χ1n) is 10.3. The SMILES string of the molecule is CC1C(=O)N(Cc2ccc(F)cc2)C2OC3(C)CCC4[C@H](C)CCC1[C@]42O3. The lowest BCUT2D eigenvalue weighted by atomic mass is 9.56. The first kappa shape index (κ1) is 17.6. The average molecular weight is 373 g/mol. The number of rotatable bonds is 2. The zero-order valence-corrected chi connectivity index (χ0v) is 16.3. The summed E-state index contributed by atoms with van der Waals surface area (Å²) in [5.41, 5.74) is 0.514. The van der Waals surface area contributed by atoms with Crippen molar-refractivity contribution in [2.75, 3.05) is 0 Å². The Morgan fingerprint density at radius 1 is 1.15 bits per heavy atom. The van der Waals surface area contributed by atoms with E-state index >= 15 is 0 Å². The van der Waals surface area contributed by atoms with Crippen molar-refractivity contribution < 1.29 is 18.7 Å². The van der Waals surface area contributed by atoms with Gasteiger partial charge in [-0.1, -0.05) is 26.0 Å². The fourth-order valence-electron chi connectivity index (χ4n) is 6.37. The summed E-state index contributed by atoms with van der Waals surface area (Å²) >= 11 is 0. The third-order valence-corrected chi connectivity index (χ3v) is 7.65. The maximum atomic E-state index is 13.3. The van der Waals surface area contributed by atoms with Gasteiger partial charge in [-0.2, -0.15) is 0 Å². The van der Waals surface area contributed by atoms with Crippen LogP contribution in [-0.2, 0) is 20.8 Å². The number of nitrogens with zero attached hydrogens (tertiary/aromatic N) is 1. The van der Waals surface area contributed by atoms with Crippen LogP contribution in [0.3, 0.4) is 0 Å². The van der Waals surface area contributed by atoms with E-state index in [0.717, 1.165) is 31.2 Å². The predicted molar refractivity (Wildman–Crippen MR) is 97.8 cm³/mol. The number of benzene rings is 1. The molecule has 4 nitrogen and oxygen atoms in total. The number of likely N-dealkylation sites (tertiary alicyclic amines) is 1. The highest BCUT2D eigenvalue weighted by Crippen LogP contribution is 2.63. The van der Waals surface area contributed by atoms with Gasteiger partial charge in [-0.25, -0.2) is 4.39 Å². The van der Waals surface area contributed by atoms with Gasteiger partial charge in [0.25, 0.3) is 0 Å². The Kier molecular flexibility index (Phi) is 3.77. The molecule has 1 aromatic carbocycles. The molecule has 1 aromatic rings. The fourth-order valence-corrected chi connectivity index (χ4v) is 6.37. The highest BCUT2D eigenvalue weighted by Gasteiger charge is 2.72. The van der Waals surface area contributed by atoms with Crippen molar-refractivity contribution in [2.24, 2.45) is 23.7 Å². The van der Waals surface area contributed by atoms with Crippen molar-refractivity contribution in [3.63, 3.8) is 0 Å². The van der Waals surface area contributed by atoms with Gasteiger partial charge in [-0.3, -0.25) is 4.79 Å². The number of carbonyl (C=O) groups excluding carboxylic acids is 1. The Morgan fingerprint density at radius 2 is 1.89 bits per heavy atom. The van der Waals surface area contributed by atoms with Crippen molar-refractivity contribution in [3.05, 3.63) is 35.6 Å². The molecule has 0 aromatic heterocycles. The summed E-state index contributed by atoms with van der Waals surface area (Å²) < 4.78 is 26.5. The van der Waals surface area contributed by atoms with E-state index in [9.17, 15) is 9.18 Å². The van der Waals surface area contributed by atoms with Crippen LogP contribution in [0, 0.1) is 29.5 Å². The van der Waals surface area contributed by atoms with Gasteiger partial charge in [0.15, 0.2) is 12.0 Å². The molecule has 146 valence electrons. The number of hydrogen-bond acceptors (Lipinski definition) is 3. The van der Waals surface area contributed by atoms with Gasteiger partial charge in [-0.05, 0) is 55.7 Å². The van der Waals surface area contributed by atoms with Crippen LogP contribution >= 0.6 is 0 Å². The van der Waals surface area contributed by atoms with E-state index in [1.807, 2.05) is 11.8 Å². The standard InChI is InChI=1S/C22H28FNO3/c1-13-4-9-18-14(2)19(25)24(12-15-5-7-16(23)8-6-15)20-22(18)17(13)10-11-21(3,26-20)27-22/h5-8,13-14,17-18,20H,4,9-12H2,1-3H3/t13-,14?,17?,18?,20?,21?,22-/m1/s1. The first-order chi connectivity index (χ1) is 12.8. The van der Waals surface area contributed by atoms with Crippen LogP contribution in [0.4, 0.5) is 4.39 Å². The maximum absolute atomic E-state index is 13.3. The van der Waals surface area contributed by atoms with Crippen molar-refractivity contribution in [1.29, 1.82) is 0 Å². The number of ether oxygens (including phenoxy) is 2. The van der Waals surface area contributed by atoms with Gasteiger partial charge < -0.3 is 14.4 Å². The summed E-state index contributed by atoms with van der Waals surface area (Å²) in [6, 6.07) is 6.40. The largest absolute Gasteiger partial charge is 0.338 e. The molecular formula is C22H28FNO3. The van der Waals surface area contributed by atoms with Crippen molar-refractivity contribution in [3.8, 4) is 0 Å². The highest BCUT2D eigenvalue weighted by molar-refractivity contribution is 5.80. The van der Waals surface area contributed by atoms with Gasteiger partial charge in [-0.15, -0.1) is 0 Å². The van der Waals surface area contributed by atoms with Crippen molar-refractivity contribution in [2.45, 2.75) is 70.6 Å². The molecule has 1 spiro atoms. The minimum Gasteiger partial charge on any atom is -0.338 e. The molecule has 0 N–H and O–H groups in total. The fraction of sp³-hybridized carbons (Fsp3) is 0.682. The first-order valence-corrected chi connectivity index (χ1v) is 10.3. The average Bonchev–Trinajstić information content (AvgIpc) is 2.87. The molecule has 1 amide bonds. The van der Waals surface area contributed by atoms with E-state index in [4.69, 9.17) is 9.47 Å². The van der Waals surface area contributed by atoms with E-state index < -0.39 is 11.4 Å². The number of fused-ring (bicyclic) bond motifs is 1. The molecule has 3 aliphatic heterocycles. The Balaban J connectivity index is 1.57. The van der Waals surface area contributed by atoms with Crippen molar-refractivity contribution in [1.82, 2.24) is 4.90 Å². The van der Waals surface area contributed by atoms with E-state index in [1.54, 1.807) is 12.1 Å². The number of piperidine rings is 1. The van der Waals surface area contributed by atoms with Crippen LogP contribution in [0.5, 0.6) is 0 Å². The second-order valence-electron chi connectivity index (χ2n) is 9.25. The molecule has 5 unspecified atom stereocenters. The molecular weight excluding hydrogens is 345 g/mol. The van der Waals surface area contributed by atoms with E-state index in [2.05, 4.69) is 13.8 Å². The number of hydrogen-bond donors (Lipinski definition) is 0. The Labute approximate surface area is 160 Å². The van der Waals surface area contributed by atoms with E-state index in [1.165, 1.54) is 12.1 Å². The molecule has 3 saturated heterocycles. The summed E-state index contributed by atoms with van der Waals surface area (Å²) in [4.78, 5) is 15.2. The summed E-state index contributed by atoms with van der Waals surface area (Å²) in [7, 11) is 0.